The van der Waals surface area contributed by atoms with Gasteiger partial charge in [0.25, 0.3) is 0 Å². The van der Waals surface area contributed by atoms with Gasteiger partial charge >= 0.3 is 0 Å². The highest BCUT2D eigenvalue weighted by Gasteiger charge is 2.86. The first-order chi connectivity index (χ1) is 9.11. The molecule has 0 aromatic heterocycles. The molecule has 8 atom stereocenters. The first-order valence-electron chi connectivity index (χ1n) is 7.62. The third-order valence-electron chi connectivity index (χ3n) is 7.41. The highest BCUT2D eigenvalue weighted by Crippen LogP contribution is 2.85. The van der Waals surface area contributed by atoms with Crippen molar-refractivity contribution in [1.29, 1.82) is 0 Å². The quantitative estimate of drug-likeness (QED) is 0.754. The zero-order valence-corrected chi connectivity index (χ0v) is 11.3. The van der Waals surface area contributed by atoms with Crippen LogP contribution in [0.25, 0.3) is 0 Å². The van der Waals surface area contributed by atoms with Gasteiger partial charge in [-0.15, -0.1) is 0 Å². The molecule has 0 heterocycles. The minimum Gasteiger partial charge on any atom is -0.357 e. The van der Waals surface area contributed by atoms with Gasteiger partial charge in [-0.25, -0.2) is 0 Å². The molecule has 6 saturated carbocycles. The van der Waals surface area contributed by atoms with Gasteiger partial charge in [-0.3, -0.25) is 9.59 Å². The lowest BCUT2D eigenvalue weighted by Gasteiger charge is -2.34. The fourth-order valence-corrected chi connectivity index (χ4v) is 7.75. The Morgan fingerprint density at radius 1 is 1.00 bits per heavy atom. The Kier molecular flexibility index (Phi) is 1.60. The monoisotopic (exact) mass is 260 g/mol. The summed E-state index contributed by atoms with van der Waals surface area (Å²) < 4.78 is 0. The van der Waals surface area contributed by atoms with Crippen molar-refractivity contribution < 1.29 is 9.59 Å². The second kappa shape index (κ2) is 2.84. The van der Waals surface area contributed by atoms with Crippen LogP contribution in [0.5, 0.6) is 0 Å². The maximum absolute atomic E-state index is 12.7. The lowest BCUT2D eigenvalue weighted by molar-refractivity contribution is -0.135. The van der Waals surface area contributed by atoms with Crippen LogP contribution in [0.1, 0.15) is 19.8 Å². The van der Waals surface area contributed by atoms with E-state index in [0.717, 1.165) is 23.7 Å². The Labute approximate surface area is 112 Å². The Morgan fingerprint density at radius 3 is 1.95 bits per heavy atom. The molecular weight excluding hydrogens is 240 g/mol. The molecule has 8 unspecified atom stereocenters. The van der Waals surface area contributed by atoms with Crippen molar-refractivity contribution in [3.05, 3.63) is 0 Å². The van der Waals surface area contributed by atoms with Crippen molar-refractivity contribution in [1.82, 2.24) is 10.6 Å². The average molecular weight is 260 g/mol. The molecule has 0 radical (unpaired) electrons. The van der Waals surface area contributed by atoms with Crippen molar-refractivity contribution in [2.75, 3.05) is 7.05 Å². The van der Waals surface area contributed by atoms with E-state index in [2.05, 4.69) is 10.6 Å². The number of carbonyl (C=O) groups excluding carboxylic acids is 2. The molecule has 6 aliphatic rings. The van der Waals surface area contributed by atoms with Crippen molar-refractivity contribution in [3.63, 3.8) is 0 Å². The van der Waals surface area contributed by atoms with E-state index >= 15 is 0 Å². The largest absolute Gasteiger partial charge is 0.357 e. The van der Waals surface area contributed by atoms with E-state index in [1.165, 1.54) is 12.8 Å². The molecule has 0 saturated heterocycles. The number of amides is 2. The molecular formula is C15H20N2O2. The minimum absolute atomic E-state index is 0.0452. The summed E-state index contributed by atoms with van der Waals surface area (Å²) in [7, 11) is 1.71. The summed E-state index contributed by atoms with van der Waals surface area (Å²) in [4.78, 5) is 24.4. The SMILES string of the molecule is CNC(=O)C1(NC(C)=O)C2C3CC4C5CC(C42)C1C53. The van der Waals surface area contributed by atoms with Crippen molar-refractivity contribution >= 4 is 11.8 Å². The van der Waals surface area contributed by atoms with Crippen LogP contribution >= 0.6 is 0 Å². The summed E-state index contributed by atoms with van der Waals surface area (Å²) in [5.41, 5.74) is -0.564. The topological polar surface area (TPSA) is 58.2 Å². The zero-order chi connectivity index (χ0) is 13.1. The van der Waals surface area contributed by atoms with Gasteiger partial charge in [-0.1, -0.05) is 0 Å². The van der Waals surface area contributed by atoms with Crippen LogP contribution in [0.4, 0.5) is 0 Å². The highest BCUT2D eigenvalue weighted by atomic mass is 16.2. The molecule has 2 N–H and O–H groups in total. The molecule has 0 aliphatic heterocycles. The van der Waals surface area contributed by atoms with Gasteiger partial charge in [0.2, 0.25) is 11.8 Å². The molecule has 2 amide bonds. The predicted molar refractivity (Wildman–Crippen MR) is 67.8 cm³/mol. The summed E-state index contributed by atoms with van der Waals surface area (Å²) in [5.74, 6) is 5.53. The number of likely N-dealkylation sites (N-methyl/N-ethyl adjacent to an activating group) is 1. The molecule has 102 valence electrons. The molecule has 6 fully saturated rings. The van der Waals surface area contributed by atoms with Crippen LogP contribution in [0.15, 0.2) is 0 Å². The zero-order valence-electron chi connectivity index (χ0n) is 11.3. The van der Waals surface area contributed by atoms with Gasteiger partial charge in [-0.05, 0) is 60.2 Å². The molecule has 4 nitrogen and oxygen atoms in total. The van der Waals surface area contributed by atoms with Crippen molar-refractivity contribution in [2.45, 2.75) is 25.3 Å². The third kappa shape index (κ3) is 0.819. The van der Waals surface area contributed by atoms with E-state index in [1.54, 1.807) is 14.0 Å². The first-order valence-corrected chi connectivity index (χ1v) is 7.62. The highest BCUT2D eigenvalue weighted by molar-refractivity contribution is 5.93. The van der Waals surface area contributed by atoms with Crippen LogP contribution in [-0.4, -0.2) is 24.4 Å². The van der Waals surface area contributed by atoms with Gasteiger partial charge in [0.05, 0.1) is 0 Å². The molecule has 6 bridgehead atoms. The third-order valence-corrected chi connectivity index (χ3v) is 7.41. The molecule has 0 spiro atoms. The van der Waals surface area contributed by atoms with E-state index in [0.29, 0.717) is 23.7 Å². The smallest absolute Gasteiger partial charge is 0.246 e. The van der Waals surface area contributed by atoms with Crippen LogP contribution in [0, 0.1) is 47.3 Å². The maximum Gasteiger partial charge on any atom is 0.246 e. The number of nitrogens with one attached hydrogen (secondary N) is 2. The average Bonchev–Trinajstić information content (AvgIpc) is 3.05. The van der Waals surface area contributed by atoms with Crippen molar-refractivity contribution in [3.8, 4) is 0 Å². The van der Waals surface area contributed by atoms with Crippen LogP contribution in [-0.2, 0) is 9.59 Å². The fourth-order valence-electron chi connectivity index (χ4n) is 7.75. The molecule has 6 aliphatic carbocycles. The number of hydrogen-bond donors (Lipinski definition) is 2. The standard InChI is InChI=1S/C15H20N2O2/c1-5(18)17-15(14(19)16-2)12-8-3-6-7-4-9(10(6)12)13(15)11(7)8/h6-13H,3-4H2,1-2H3,(H,16,19)(H,17,18). The maximum atomic E-state index is 12.7. The molecule has 0 aromatic carbocycles. The van der Waals surface area contributed by atoms with Gasteiger partial charge < -0.3 is 10.6 Å². The van der Waals surface area contributed by atoms with Gasteiger partial charge in [0, 0.05) is 14.0 Å². The van der Waals surface area contributed by atoms with E-state index in [1.807, 2.05) is 0 Å². The normalized spacial score (nSPS) is 61.4. The lowest BCUT2D eigenvalue weighted by Crippen LogP contribution is -2.62. The Balaban J connectivity index is 1.69. The van der Waals surface area contributed by atoms with Gasteiger partial charge in [-0.2, -0.15) is 0 Å². The molecule has 6 rings (SSSR count). The van der Waals surface area contributed by atoms with E-state index in [4.69, 9.17) is 0 Å². The second-order valence-corrected chi connectivity index (χ2v) is 7.46. The Hall–Kier alpha value is -1.06. The van der Waals surface area contributed by atoms with E-state index < -0.39 is 5.54 Å². The second-order valence-electron chi connectivity index (χ2n) is 7.46. The number of hydrogen-bond acceptors (Lipinski definition) is 2. The Bertz CT molecular complexity index is 488. The number of carbonyl (C=O) groups is 2. The minimum atomic E-state index is -0.564. The predicted octanol–water partition coefficient (Wildman–Crippen LogP) is 0.385. The lowest BCUT2D eigenvalue weighted by atomic mass is 9.71. The molecule has 4 heteroatoms. The summed E-state index contributed by atoms with van der Waals surface area (Å²) >= 11 is 0. The van der Waals surface area contributed by atoms with Crippen molar-refractivity contribution in [2.24, 2.45) is 47.3 Å². The van der Waals surface area contributed by atoms with Crippen LogP contribution in [0.2, 0.25) is 0 Å². The number of rotatable bonds is 2. The van der Waals surface area contributed by atoms with E-state index in [-0.39, 0.29) is 11.8 Å². The van der Waals surface area contributed by atoms with Crippen LogP contribution in [0.3, 0.4) is 0 Å². The van der Waals surface area contributed by atoms with Crippen LogP contribution < -0.4 is 10.6 Å². The van der Waals surface area contributed by atoms with E-state index in [9.17, 15) is 9.59 Å². The summed E-state index contributed by atoms with van der Waals surface area (Å²) in [6, 6.07) is 0. The Morgan fingerprint density at radius 2 is 1.53 bits per heavy atom. The fraction of sp³-hybridized carbons (Fsp3) is 0.867. The molecule has 0 aromatic rings. The summed E-state index contributed by atoms with van der Waals surface area (Å²) in [6.07, 6.45) is 2.66. The first kappa shape index (κ1) is 10.7. The van der Waals surface area contributed by atoms with Gasteiger partial charge in [0.15, 0.2) is 0 Å². The summed E-state index contributed by atoms with van der Waals surface area (Å²) in [5, 5.41) is 5.98. The summed E-state index contributed by atoms with van der Waals surface area (Å²) in [6.45, 7) is 1.55. The molecule has 19 heavy (non-hydrogen) atoms. The van der Waals surface area contributed by atoms with Gasteiger partial charge in [0.1, 0.15) is 5.54 Å².